The van der Waals surface area contributed by atoms with E-state index in [1.807, 2.05) is 18.3 Å². The molecule has 0 saturated carbocycles. The Hall–Kier alpha value is -0.450. The number of nitrogens with zero attached hydrogens (tertiary/aromatic N) is 2. The molecule has 0 aromatic carbocycles. The van der Waals surface area contributed by atoms with Gasteiger partial charge in [-0.3, -0.25) is 4.98 Å². The van der Waals surface area contributed by atoms with Gasteiger partial charge in [-0.25, -0.2) is 0 Å². The fraction of sp³-hybridized carbons (Fsp3) is 0.583. The summed E-state index contributed by atoms with van der Waals surface area (Å²) >= 11 is 3.37. The normalized spacial score (nSPS) is 11.4. The summed E-state index contributed by atoms with van der Waals surface area (Å²) in [6, 6.07) is 4.65. The monoisotopic (exact) mass is 285 g/mol. The first-order chi connectivity index (χ1) is 7.59. The summed E-state index contributed by atoms with van der Waals surface area (Å²) in [5, 5.41) is 3.39. The molecule has 1 rings (SSSR count). The predicted molar refractivity (Wildman–Crippen MR) is 71.4 cm³/mol. The van der Waals surface area contributed by atoms with Crippen molar-refractivity contribution >= 4 is 15.9 Å². The zero-order valence-corrected chi connectivity index (χ0v) is 11.8. The van der Waals surface area contributed by atoms with Crippen LogP contribution in [0.1, 0.15) is 19.5 Å². The fourth-order valence-electron chi connectivity index (χ4n) is 1.24. The summed E-state index contributed by atoms with van der Waals surface area (Å²) in [5.41, 5.74) is 1.08. The Kier molecular flexibility index (Phi) is 5.95. The van der Waals surface area contributed by atoms with E-state index in [0.717, 1.165) is 29.8 Å². The average Bonchev–Trinajstić information content (AvgIpc) is 2.26. The van der Waals surface area contributed by atoms with Crippen LogP contribution in [0.25, 0.3) is 0 Å². The second kappa shape index (κ2) is 6.99. The zero-order chi connectivity index (χ0) is 12.0. The molecule has 0 aliphatic heterocycles. The maximum Gasteiger partial charge on any atom is 0.0542 e. The van der Waals surface area contributed by atoms with Crippen LogP contribution in [0.4, 0.5) is 0 Å². The van der Waals surface area contributed by atoms with Crippen LogP contribution in [0.2, 0.25) is 0 Å². The minimum Gasteiger partial charge on any atom is -0.310 e. The van der Waals surface area contributed by atoms with Gasteiger partial charge >= 0.3 is 0 Å². The van der Waals surface area contributed by atoms with Crippen LogP contribution < -0.4 is 5.32 Å². The third-order valence-corrected chi connectivity index (χ3v) is 3.09. The Morgan fingerprint density at radius 2 is 2.19 bits per heavy atom. The Labute approximate surface area is 106 Å². The third kappa shape index (κ3) is 5.05. The van der Waals surface area contributed by atoms with Crippen molar-refractivity contribution < 1.29 is 0 Å². The van der Waals surface area contributed by atoms with Gasteiger partial charge in [-0.15, -0.1) is 0 Å². The molecule has 0 aliphatic carbocycles. The lowest BCUT2D eigenvalue weighted by atomic mass is 10.3. The number of pyridine rings is 1. The molecule has 0 atom stereocenters. The van der Waals surface area contributed by atoms with E-state index >= 15 is 0 Å². The molecule has 0 saturated heterocycles. The SMILES string of the molecule is CC(C)N(C)CCNCc1ccc(Br)cn1. The number of hydrogen-bond donors (Lipinski definition) is 1. The first-order valence-electron chi connectivity index (χ1n) is 5.61. The lowest BCUT2D eigenvalue weighted by Crippen LogP contribution is -2.33. The molecular weight excluding hydrogens is 266 g/mol. The van der Waals surface area contributed by atoms with Gasteiger partial charge in [-0.05, 0) is 49.0 Å². The second-order valence-electron chi connectivity index (χ2n) is 4.22. The van der Waals surface area contributed by atoms with E-state index in [1.54, 1.807) is 0 Å². The van der Waals surface area contributed by atoms with Crippen molar-refractivity contribution in [1.29, 1.82) is 0 Å². The molecule has 0 aliphatic rings. The molecule has 3 nitrogen and oxygen atoms in total. The van der Waals surface area contributed by atoms with Gasteiger partial charge in [0, 0.05) is 36.3 Å². The fourth-order valence-corrected chi connectivity index (χ4v) is 1.48. The molecule has 1 aromatic rings. The van der Waals surface area contributed by atoms with E-state index in [4.69, 9.17) is 0 Å². The highest BCUT2D eigenvalue weighted by molar-refractivity contribution is 9.10. The van der Waals surface area contributed by atoms with E-state index < -0.39 is 0 Å². The van der Waals surface area contributed by atoms with Crippen molar-refractivity contribution in [2.45, 2.75) is 26.4 Å². The Morgan fingerprint density at radius 3 is 2.75 bits per heavy atom. The van der Waals surface area contributed by atoms with Gasteiger partial charge in [0.05, 0.1) is 5.69 Å². The summed E-state index contributed by atoms with van der Waals surface area (Å²) < 4.78 is 1.02. The highest BCUT2D eigenvalue weighted by Crippen LogP contribution is 2.06. The molecule has 1 N–H and O–H groups in total. The van der Waals surface area contributed by atoms with Crippen molar-refractivity contribution in [3.63, 3.8) is 0 Å². The molecule has 0 fully saturated rings. The molecule has 4 heteroatoms. The van der Waals surface area contributed by atoms with Crippen LogP contribution in [-0.4, -0.2) is 36.1 Å². The molecule has 0 radical (unpaired) electrons. The van der Waals surface area contributed by atoms with Gasteiger partial charge in [-0.1, -0.05) is 0 Å². The molecule has 16 heavy (non-hydrogen) atoms. The largest absolute Gasteiger partial charge is 0.310 e. The molecule has 0 bridgehead atoms. The quantitative estimate of drug-likeness (QED) is 0.813. The number of nitrogens with one attached hydrogen (secondary N) is 1. The van der Waals surface area contributed by atoms with Gasteiger partial charge < -0.3 is 10.2 Å². The molecule has 1 aromatic heterocycles. The zero-order valence-electron chi connectivity index (χ0n) is 10.2. The van der Waals surface area contributed by atoms with Crippen LogP contribution in [0, 0.1) is 0 Å². The standard InChI is InChI=1S/C12H20BrN3/c1-10(2)16(3)7-6-14-9-12-5-4-11(13)8-15-12/h4-5,8,10,14H,6-7,9H2,1-3H3. The van der Waals surface area contributed by atoms with Gasteiger partial charge in [0.25, 0.3) is 0 Å². The summed E-state index contributed by atoms with van der Waals surface area (Å²) in [4.78, 5) is 6.63. The van der Waals surface area contributed by atoms with Crippen LogP contribution in [0.5, 0.6) is 0 Å². The smallest absolute Gasteiger partial charge is 0.0542 e. The number of aromatic nitrogens is 1. The first kappa shape index (κ1) is 13.6. The minimum absolute atomic E-state index is 0.604. The lowest BCUT2D eigenvalue weighted by molar-refractivity contribution is 0.273. The number of likely N-dealkylation sites (N-methyl/N-ethyl adjacent to an activating group) is 1. The van der Waals surface area contributed by atoms with Crippen LogP contribution in [-0.2, 0) is 6.54 Å². The lowest BCUT2D eigenvalue weighted by Gasteiger charge is -2.20. The molecule has 0 amide bonds. The maximum atomic E-state index is 4.31. The predicted octanol–water partition coefficient (Wildman–Crippen LogP) is 2.27. The van der Waals surface area contributed by atoms with Crippen molar-refractivity contribution in [3.8, 4) is 0 Å². The first-order valence-corrected chi connectivity index (χ1v) is 6.40. The molecule has 0 spiro atoms. The number of rotatable bonds is 6. The van der Waals surface area contributed by atoms with Crippen LogP contribution in [0.15, 0.2) is 22.8 Å². The van der Waals surface area contributed by atoms with Crippen molar-refractivity contribution in [1.82, 2.24) is 15.2 Å². The topological polar surface area (TPSA) is 28.2 Å². The van der Waals surface area contributed by atoms with Crippen molar-refractivity contribution in [2.75, 3.05) is 20.1 Å². The molecular formula is C12H20BrN3. The Morgan fingerprint density at radius 1 is 1.44 bits per heavy atom. The highest BCUT2D eigenvalue weighted by Gasteiger charge is 2.01. The van der Waals surface area contributed by atoms with E-state index in [0.29, 0.717) is 6.04 Å². The summed E-state index contributed by atoms with van der Waals surface area (Å²) in [5.74, 6) is 0. The van der Waals surface area contributed by atoms with Crippen molar-refractivity contribution in [3.05, 3.63) is 28.5 Å². The van der Waals surface area contributed by atoms with Gasteiger partial charge in [0.2, 0.25) is 0 Å². The molecule has 90 valence electrons. The van der Waals surface area contributed by atoms with Crippen LogP contribution in [0.3, 0.4) is 0 Å². The number of halogens is 1. The molecule has 0 unspecified atom stereocenters. The summed E-state index contributed by atoms with van der Waals surface area (Å²) in [6.07, 6.45) is 1.83. The van der Waals surface area contributed by atoms with E-state index in [1.165, 1.54) is 0 Å². The van der Waals surface area contributed by atoms with Gasteiger partial charge in [0.1, 0.15) is 0 Å². The highest BCUT2D eigenvalue weighted by atomic mass is 79.9. The van der Waals surface area contributed by atoms with Crippen molar-refractivity contribution in [2.24, 2.45) is 0 Å². The third-order valence-electron chi connectivity index (χ3n) is 2.62. The Bertz CT molecular complexity index is 298. The second-order valence-corrected chi connectivity index (χ2v) is 5.13. The summed E-state index contributed by atoms with van der Waals surface area (Å²) in [7, 11) is 2.14. The van der Waals surface area contributed by atoms with E-state index in [9.17, 15) is 0 Å². The van der Waals surface area contributed by atoms with Crippen LogP contribution >= 0.6 is 15.9 Å². The minimum atomic E-state index is 0.604. The van der Waals surface area contributed by atoms with Gasteiger partial charge in [0.15, 0.2) is 0 Å². The Balaban J connectivity index is 2.18. The van der Waals surface area contributed by atoms with Gasteiger partial charge in [-0.2, -0.15) is 0 Å². The summed E-state index contributed by atoms with van der Waals surface area (Å²) in [6.45, 7) is 7.30. The number of hydrogen-bond acceptors (Lipinski definition) is 3. The maximum absolute atomic E-state index is 4.31. The van der Waals surface area contributed by atoms with E-state index in [2.05, 4.69) is 52.0 Å². The molecule has 1 heterocycles. The van der Waals surface area contributed by atoms with E-state index in [-0.39, 0.29) is 0 Å². The average molecular weight is 286 g/mol.